The third-order valence-electron chi connectivity index (χ3n) is 2.77. The number of hydrogen-bond acceptors (Lipinski definition) is 5. The molecule has 0 bridgehead atoms. The highest BCUT2D eigenvalue weighted by Crippen LogP contribution is 2.25. The van der Waals surface area contributed by atoms with Crippen LogP contribution in [0, 0.1) is 10.1 Å². The van der Waals surface area contributed by atoms with Crippen molar-refractivity contribution in [2.45, 2.75) is 6.42 Å². The number of ether oxygens (including phenoxy) is 1. The van der Waals surface area contributed by atoms with Crippen molar-refractivity contribution in [3.8, 4) is 5.75 Å². The lowest BCUT2D eigenvalue weighted by molar-refractivity contribution is -0.384. The van der Waals surface area contributed by atoms with Crippen molar-refractivity contribution < 1.29 is 9.66 Å². The molecular weight excluding hydrogens is 258 g/mol. The monoisotopic (exact) mass is 273 g/mol. The lowest BCUT2D eigenvalue weighted by Crippen LogP contribution is -2.06. The SMILES string of the molecule is COc1cc(NCCc2ccccn2)cc([N+](=O)[O-])c1. The topological polar surface area (TPSA) is 77.3 Å². The molecule has 0 aliphatic heterocycles. The molecule has 0 fully saturated rings. The van der Waals surface area contributed by atoms with Crippen LogP contribution >= 0.6 is 0 Å². The fraction of sp³-hybridized carbons (Fsp3) is 0.214. The molecule has 0 atom stereocenters. The largest absolute Gasteiger partial charge is 0.496 e. The molecule has 1 aromatic heterocycles. The first-order valence-corrected chi connectivity index (χ1v) is 6.16. The van der Waals surface area contributed by atoms with E-state index < -0.39 is 4.92 Å². The van der Waals surface area contributed by atoms with Crippen molar-refractivity contribution >= 4 is 11.4 Å². The number of rotatable bonds is 6. The predicted molar refractivity (Wildman–Crippen MR) is 76.1 cm³/mol. The fourth-order valence-electron chi connectivity index (χ4n) is 1.79. The zero-order valence-electron chi connectivity index (χ0n) is 11.1. The highest BCUT2D eigenvalue weighted by Gasteiger charge is 2.09. The minimum atomic E-state index is -0.438. The van der Waals surface area contributed by atoms with Gasteiger partial charge in [-0.1, -0.05) is 6.07 Å². The minimum Gasteiger partial charge on any atom is -0.496 e. The zero-order chi connectivity index (χ0) is 14.4. The second kappa shape index (κ2) is 6.51. The van der Waals surface area contributed by atoms with Gasteiger partial charge in [0.15, 0.2) is 0 Å². The normalized spacial score (nSPS) is 10.1. The van der Waals surface area contributed by atoms with E-state index in [-0.39, 0.29) is 5.69 Å². The molecule has 0 aliphatic rings. The molecule has 0 saturated carbocycles. The Labute approximate surface area is 116 Å². The Morgan fingerprint density at radius 2 is 2.20 bits per heavy atom. The van der Waals surface area contributed by atoms with Crippen LogP contribution in [0.4, 0.5) is 11.4 Å². The average Bonchev–Trinajstić information content (AvgIpc) is 2.48. The first-order chi connectivity index (χ1) is 9.69. The smallest absolute Gasteiger partial charge is 0.275 e. The molecule has 0 spiro atoms. The molecule has 1 aromatic carbocycles. The van der Waals surface area contributed by atoms with E-state index in [1.165, 1.54) is 19.2 Å². The molecule has 1 heterocycles. The number of anilines is 1. The van der Waals surface area contributed by atoms with Gasteiger partial charge in [-0.3, -0.25) is 15.1 Å². The number of nitrogens with one attached hydrogen (secondary N) is 1. The third kappa shape index (κ3) is 3.68. The summed E-state index contributed by atoms with van der Waals surface area (Å²) in [6.07, 6.45) is 2.48. The van der Waals surface area contributed by atoms with Crippen LogP contribution in [-0.2, 0) is 6.42 Å². The van der Waals surface area contributed by atoms with Crippen molar-refractivity contribution in [3.63, 3.8) is 0 Å². The van der Waals surface area contributed by atoms with Gasteiger partial charge in [-0.25, -0.2) is 0 Å². The Kier molecular flexibility index (Phi) is 4.49. The van der Waals surface area contributed by atoms with Crippen LogP contribution in [0.3, 0.4) is 0 Å². The molecule has 0 amide bonds. The van der Waals surface area contributed by atoms with Crippen molar-refractivity contribution in [2.75, 3.05) is 19.0 Å². The Balaban J connectivity index is 2.02. The molecule has 104 valence electrons. The summed E-state index contributed by atoms with van der Waals surface area (Å²) in [6, 6.07) is 10.3. The highest BCUT2D eigenvalue weighted by molar-refractivity contribution is 5.56. The van der Waals surface area contributed by atoms with Gasteiger partial charge < -0.3 is 10.1 Å². The first kappa shape index (κ1) is 13.8. The van der Waals surface area contributed by atoms with Crippen LogP contribution in [0.25, 0.3) is 0 Å². The zero-order valence-corrected chi connectivity index (χ0v) is 11.1. The molecular formula is C14H15N3O3. The maximum Gasteiger partial charge on any atom is 0.275 e. The lowest BCUT2D eigenvalue weighted by Gasteiger charge is -2.08. The number of benzene rings is 1. The molecule has 0 radical (unpaired) electrons. The van der Waals surface area contributed by atoms with Gasteiger partial charge in [0.1, 0.15) is 5.75 Å². The molecule has 6 heteroatoms. The quantitative estimate of drug-likeness (QED) is 0.646. The molecule has 2 rings (SSSR count). The molecule has 2 aromatic rings. The van der Waals surface area contributed by atoms with Crippen LogP contribution in [0.1, 0.15) is 5.69 Å². The van der Waals surface area contributed by atoms with Crippen LogP contribution in [0.2, 0.25) is 0 Å². The van der Waals surface area contributed by atoms with Gasteiger partial charge in [0.05, 0.1) is 18.1 Å². The van der Waals surface area contributed by atoms with Gasteiger partial charge in [0.2, 0.25) is 0 Å². The van der Waals surface area contributed by atoms with Gasteiger partial charge >= 0.3 is 0 Å². The van der Waals surface area contributed by atoms with Crippen LogP contribution in [0.15, 0.2) is 42.6 Å². The summed E-state index contributed by atoms with van der Waals surface area (Å²) in [6.45, 7) is 0.640. The molecule has 0 aliphatic carbocycles. The van der Waals surface area contributed by atoms with E-state index in [0.717, 1.165) is 12.1 Å². The predicted octanol–water partition coefficient (Wildman–Crippen LogP) is 2.65. The average molecular weight is 273 g/mol. The Bertz CT molecular complexity index is 587. The number of nitro benzene ring substituents is 1. The molecule has 20 heavy (non-hydrogen) atoms. The molecule has 6 nitrogen and oxygen atoms in total. The van der Waals surface area contributed by atoms with E-state index in [1.807, 2.05) is 18.2 Å². The van der Waals surface area contributed by atoms with E-state index in [0.29, 0.717) is 18.0 Å². The van der Waals surface area contributed by atoms with Crippen molar-refractivity contribution in [2.24, 2.45) is 0 Å². The number of non-ortho nitro benzene ring substituents is 1. The summed E-state index contributed by atoms with van der Waals surface area (Å²) in [5, 5.41) is 14.0. The van der Waals surface area contributed by atoms with Crippen LogP contribution < -0.4 is 10.1 Å². The number of hydrogen-bond donors (Lipinski definition) is 1. The van der Waals surface area contributed by atoms with Gasteiger partial charge in [-0.15, -0.1) is 0 Å². The Morgan fingerprint density at radius 1 is 1.35 bits per heavy atom. The van der Waals surface area contributed by atoms with E-state index >= 15 is 0 Å². The minimum absolute atomic E-state index is 0.00434. The van der Waals surface area contributed by atoms with Gasteiger partial charge in [-0.05, 0) is 12.1 Å². The van der Waals surface area contributed by atoms with Gasteiger partial charge in [0, 0.05) is 42.7 Å². The van der Waals surface area contributed by atoms with Crippen LogP contribution in [-0.4, -0.2) is 23.6 Å². The van der Waals surface area contributed by atoms with E-state index in [9.17, 15) is 10.1 Å². The van der Waals surface area contributed by atoms with E-state index in [1.54, 1.807) is 12.3 Å². The molecule has 1 N–H and O–H groups in total. The maximum absolute atomic E-state index is 10.8. The Hall–Kier alpha value is -2.63. The fourth-order valence-corrected chi connectivity index (χ4v) is 1.79. The second-order valence-corrected chi connectivity index (χ2v) is 4.17. The maximum atomic E-state index is 10.8. The third-order valence-corrected chi connectivity index (χ3v) is 2.77. The molecule has 0 unspecified atom stereocenters. The highest BCUT2D eigenvalue weighted by atomic mass is 16.6. The summed E-state index contributed by atoms with van der Waals surface area (Å²) in [5.74, 6) is 0.458. The van der Waals surface area contributed by atoms with E-state index in [4.69, 9.17) is 4.74 Å². The standard InChI is InChI=1S/C14H15N3O3/c1-20-14-9-12(8-13(10-14)17(18)19)16-7-5-11-4-2-3-6-15-11/h2-4,6,8-10,16H,5,7H2,1H3. The first-order valence-electron chi connectivity index (χ1n) is 6.16. The number of pyridine rings is 1. The number of nitro groups is 1. The van der Waals surface area contributed by atoms with Crippen molar-refractivity contribution in [1.82, 2.24) is 4.98 Å². The number of nitrogens with zero attached hydrogens (tertiary/aromatic N) is 2. The summed E-state index contributed by atoms with van der Waals surface area (Å²) >= 11 is 0. The van der Waals surface area contributed by atoms with E-state index in [2.05, 4.69) is 10.3 Å². The van der Waals surface area contributed by atoms with Crippen molar-refractivity contribution in [3.05, 3.63) is 58.4 Å². The lowest BCUT2D eigenvalue weighted by atomic mass is 10.2. The van der Waals surface area contributed by atoms with Gasteiger partial charge in [0.25, 0.3) is 5.69 Å². The summed E-state index contributed by atoms with van der Waals surface area (Å²) in [7, 11) is 1.48. The summed E-state index contributed by atoms with van der Waals surface area (Å²) < 4.78 is 5.05. The molecule has 0 saturated heterocycles. The number of methoxy groups -OCH3 is 1. The van der Waals surface area contributed by atoms with Gasteiger partial charge in [-0.2, -0.15) is 0 Å². The van der Waals surface area contributed by atoms with Crippen molar-refractivity contribution in [1.29, 1.82) is 0 Å². The van der Waals surface area contributed by atoms with Crippen LogP contribution in [0.5, 0.6) is 5.75 Å². The number of aromatic nitrogens is 1. The Morgan fingerprint density at radius 3 is 2.85 bits per heavy atom. The second-order valence-electron chi connectivity index (χ2n) is 4.17. The summed E-state index contributed by atoms with van der Waals surface area (Å²) in [4.78, 5) is 14.6. The summed E-state index contributed by atoms with van der Waals surface area (Å²) in [5.41, 5.74) is 1.63.